The first-order valence-corrected chi connectivity index (χ1v) is 2.75. The highest BCUT2D eigenvalue weighted by Crippen LogP contribution is 1.97. The number of amides is 2. The molecule has 0 bridgehead atoms. The van der Waals surface area contributed by atoms with Crippen LogP contribution in [0.3, 0.4) is 0 Å². The van der Waals surface area contributed by atoms with E-state index in [2.05, 4.69) is 0 Å². The Morgan fingerprint density at radius 3 is 1.20 bits per heavy atom. The first-order chi connectivity index (χ1) is 3.89. The van der Waals surface area contributed by atoms with Crippen LogP contribution in [0.15, 0.2) is 0 Å². The summed E-state index contributed by atoms with van der Waals surface area (Å²) in [6.45, 7) is 2.81. The van der Waals surface area contributed by atoms with Gasteiger partial charge in [0.2, 0.25) is 0 Å². The summed E-state index contributed by atoms with van der Waals surface area (Å²) in [7, 11) is 3.15. The third-order valence-corrected chi connectivity index (χ3v) is 1.57. The maximum atomic E-state index is 10.7. The second-order valence-electron chi connectivity index (χ2n) is 2.49. The van der Waals surface area contributed by atoms with Crippen molar-refractivity contribution >= 4 is 11.8 Å². The van der Waals surface area contributed by atoms with Gasteiger partial charge in [0.05, 0.1) is 27.9 Å². The third kappa shape index (κ3) is 2.58. The van der Waals surface area contributed by atoms with Gasteiger partial charge in [0.25, 0.3) is 0 Å². The van der Waals surface area contributed by atoms with Crippen LogP contribution in [0.1, 0.15) is 13.8 Å². The topological polar surface area (TPSA) is 34.1 Å². The molecule has 4 heteroatoms. The highest BCUT2D eigenvalue weighted by atomic mass is 79.9. The molecule has 10 heavy (non-hydrogen) atoms. The average Bonchev–Trinajstić information content (AvgIpc) is 1.65. The van der Waals surface area contributed by atoms with E-state index in [1.807, 2.05) is 0 Å². The summed E-state index contributed by atoms with van der Waals surface area (Å²) >= 11 is 0. The molecule has 2 amide bonds. The van der Waals surface area contributed by atoms with Crippen molar-refractivity contribution in [3.8, 4) is 0 Å². The standard InChI is InChI=1S/C6H12NO2.BrH/c1-5(8)7(3,4)6(2)9;/h1-4H3;1H/q+1;/p-1. The highest BCUT2D eigenvalue weighted by Gasteiger charge is 2.27. The number of hydrogen-bond acceptors (Lipinski definition) is 2. The zero-order chi connectivity index (χ0) is 7.65. The number of carbonyl (C=O) groups excluding carboxylic acids is 2. The van der Waals surface area contributed by atoms with Gasteiger partial charge in [-0.15, -0.1) is 0 Å². The van der Waals surface area contributed by atoms with E-state index in [4.69, 9.17) is 0 Å². The Bertz CT molecular complexity index is 138. The Labute approximate surface area is 71.4 Å². The smallest absolute Gasteiger partial charge is 0.317 e. The minimum absolute atomic E-state index is 0. The molecule has 0 rings (SSSR count). The predicted octanol–water partition coefficient (Wildman–Crippen LogP) is -2.84. The molecule has 0 saturated heterocycles. The van der Waals surface area contributed by atoms with Crippen LogP contribution < -0.4 is 17.0 Å². The van der Waals surface area contributed by atoms with Gasteiger partial charge in [-0.1, -0.05) is 0 Å². The quantitative estimate of drug-likeness (QED) is 0.403. The molecule has 0 spiro atoms. The molecule has 0 aliphatic rings. The average molecular weight is 210 g/mol. The molecular formula is C6H12BrNO2. The Morgan fingerprint density at radius 2 is 1.20 bits per heavy atom. The minimum atomic E-state index is -0.167. The minimum Gasteiger partial charge on any atom is -1.00 e. The van der Waals surface area contributed by atoms with Crippen molar-refractivity contribution in [3.05, 3.63) is 0 Å². The second kappa shape index (κ2) is 3.83. The zero-order valence-electron chi connectivity index (χ0n) is 6.64. The first kappa shape index (κ1) is 12.5. The van der Waals surface area contributed by atoms with Crippen molar-refractivity contribution in [1.82, 2.24) is 0 Å². The summed E-state index contributed by atoms with van der Waals surface area (Å²) in [4.78, 5) is 21.3. The molecule has 0 N–H and O–H groups in total. The molecular weight excluding hydrogens is 198 g/mol. The normalized spacial score (nSPS) is 10.0. The molecule has 0 unspecified atom stereocenters. The van der Waals surface area contributed by atoms with Crippen LogP contribution in [-0.4, -0.2) is 30.4 Å². The van der Waals surface area contributed by atoms with Gasteiger partial charge < -0.3 is 17.0 Å². The summed E-state index contributed by atoms with van der Waals surface area (Å²) in [6.07, 6.45) is 0. The fraction of sp³-hybridized carbons (Fsp3) is 0.667. The first-order valence-electron chi connectivity index (χ1n) is 2.75. The molecule has 3 nitrogen and oxygen atoms in total. The summed E-state index contributed by atoms with van der Waals surface area (Å²) in [5.41, 5.74) is 0. The Hall–Kier alpha value is -0.220. The molecule has 0 aromatic heterocycles. The lowest BCUT2D eigenvalue weighted by Crippen LogP contribution is -3.00. The maximum Gasteiger partial charge on any atom is 0.317 e. The van der Waals surface area contributed by atoms with Crippen LogP contribution in [0, 0.1) is 0 Å². The molecule has 60 valence electrons. The number of rotatable bonds is 0. The fourth-order valence-corrected chi connectivity index (χ4v) is 0.222. The van der Waals surface area contributed by atoms with Gasteiger partial charge in [-0.05, 0) is 0 Å². The van der Waals surface area contributed by atoms with E-state index in [1.54, 1.807) is 14.1 Å². The van der Waals surface area contributed by atoms with Crippen molar-refractivity contribution in [2.75, 3.05) is 14.1 Å². The van der Waals surface area contributed by atoms with Crippen LogP contribution in [0.4, 0.5) is 0 Å². The van der Waals surface area contributed by atoms with Gasteiger partial charge >= 0.3 is 11.8 Å². The van der Waals surface area contributed by atoms with Gasteiger partial charge in [0, 0.05) is 0 Å². The predicted molar refractivity (Wildman–Crippen MR) is 33.5 cm³/mol. The van der Waals surface area contributed by atoms with Crippen LogP contribution in [0.5, 0.6) is 0 Å². The number of nitrogens with zero attached hydrogens (tertiary/aromatic N) is 1. The Balaban J connectivity index is 0. The molecule has 0 atom stereocenters. The lowest BCUT2D eigenvalue weighted by atomic mass is 10.4. The van der Waals surface area contributed by atoms with Crippen LogP contribution >= 0.6 is 0 Å². The summed E-state index contributed by atoms with van der Waals surface area (Å²) in [5, 5.41) is 0. The molecule has 0 aliphatic heterocycles. The molecule has 0 fully saturated rings. The molecule has 0 heterocycles. The third-order valence-electron chi connectivity index (χ3n) is 1.57. The number of quaternary nitrogens is 1. The lowest BCUT2D eigenvalue weighted by Gasteiger charge is -2.19. The van der Waals surface area contributed by atoms with Crippen molar-refractivity contribution in [2.24, 2.45) is 0 Å². The zero-order valence-corrected chi connectivity index (χ0v) is 8.23. The van der Waals surface area contributed by atoms with E-state index in [-0.39, 0.29) is 33.3 Å². The number of carbonyl (C=O) groups is 2. The monoisotopic (exact) mass is 209 g/mol. The van der Waals surface area contributed by atoms with Crippen molar-refractivity contribution in [1.29, 1.82) is 0 Å². The summed E-state index contributed by atoms with van der Waals surface area (Å²) < 4.78 is -0.167. The van der Waals surface area contributed by atoms with E-state index in [1.165, 1.54) is 13.8 Å². The van der Waals surface area contributed by atoms with Crippen LogP contribution in [0.25, 0.3) is 0 Å². The largest absolute Gasteiger partial charge is 1.00 e. The van der Waals surface area contributed by atoms with E-state index in [0.717, 1.165) is 0 Å². The molecule has 0 aromatic carbocycles. The highest BCUT2D eigenvalue weighted by molar-refractivity contribution is 5.81. The van der Waals surface area contributed by atoms with Crippen molar-refractivity contribution < 1.29 is 31.1 Å². The Kier molecular flexibility index (Phi) is 4.77. The number of imide groups is 1. The van der Waals surface area contributed by atoms with Gasteiger partial charge in [0.1, 0.15) is 0 Å². The van der Waals surface area contributed by atoms with Crippen LogP contribution in [0.2, 0.25) is 0 Å². The van der Waals surface area contributed by atoms with Crippen molar-refractivity contribution in [2.45, 2.75) is 13.8 Å². The maximum absolute atomic E-state index is 10.7. The number of hydrogen-bond donors (Lipinski definition) is 0. The van der Waals surface area contributed by atoms with Crippen LogP contribution in [-0.2, 0) is 9.59 Å². The van der Waals surface area contributed by atoms with Gasteiger partial charge in [-0.25, -0.2) is 14.1 Å². The second-order valence-corrected chi connectivity index (χ2v) is 2.49. The molecule has 0 radical (unpaired) electrons. The van der Waals surface area contributed by atoms with Gasteiger partial charge in [-0.2, -0.15) is 0 Å². The summed E-state index contributed by atoms with van der Waals surface area (Å²) in [5.74, 6) is -0.273. The van der Waals surface area contributed by atoms with E-state index in [0.29, 0.717) is 0 Å². The van der Waals surface area contributed by atoms with E-state index >= 15 is 0 Å². The fourth-order valence-electron chi connectivity index (χ4n) is 0.222. The van der Waals surface area contributed by atoms with E-state index in [9.17, 15) is 9.59 Å². The summed E-state index contributed by atoms with van der Waals surface area (Å²) in [6, 6.07) is 0. The van der Waals surface area contributed by atoms with E-state index < -0.39 is 0 Å². The van der Waals surface area contributed by atoms with Gasteiger partial charge in [-0.3, -0.25) is 0 Å². The molecule has 0 aromatic rings. The SMILES string of the molecule is CC(=O)[N+](C)(C)C(C)=O.[Br-]. The molecule has 0 saturated carbocycles. The lowest BCUT2D eigenvalue weighted by molar-refractivity contribution is -0.733. The number of halogens is 1. The Morgan fingerprint density at radius 1 is 1.00 bits per heavy atom. The molecule has 0 aliphatic carbocycles. The van der Waals surface area contributed by atoms with Crippen molar-refractivity contribution in [3.63, 3.8) is 0 Å². The van der Waals surface area contributed by atoms with Gasteiger partial charge in [0.15, 0.2) is 0 Å².